The maximum atomic E-state index is 13.9. The Morgan fingerprint density at radius 3 is 2.71 bits per heavy atom. The highest BCUT2D eigenvalue weighted by molar-refractivity contribution is 7.99. The minimum Gasteiger partial charge on any atom is -0.461 e. The molecule has 0 spiro atoms. The molecule has 0 aliphatic carbocycles. The van der Waals surface area contributed by atoms with Crippen molar-refractivity contribution in [2.45, 2.75) is 39.4 Å². The number of hydrogen-bond donors (Lipinski definition) is 1. The Hall–Kier alpha value is -3.84. The SMILES string of the molecule is Cc1c(C#N)c(NC(=O)CSc2nnc(-c3ccco3)n2CC(C)C)n(-c2cccc(F)c2)c1C. The highest BCUT2D eigenvalue weighted by Crippen LogP contribution is 2.31. The van der Waals surface area contributed by atoms with Crippen LogP contribution in [0.4, 0.5) is 10.2 Å². The maximum absolute atomic E-state index is 13.9. The first-order chi connectivity index (χ1) is 16.8. The van der Waals surface area contributed by atoms with E-state index >= 15 is 0 Å². The van der Waals surface area contributed by atoms with Crippen LogP contribution < -0.4 is 5.32 Å². The van der Waals surface area contributed by atoms with Crippen molar-refractivity contribution in [2.24, 2.45) is 5.92 Å². The van der Waals surface area contributed by atoms with Crippen LogP contribution >= 0.6 is 11.8 Å². The van der Waals surface area contributed by atoms with Crippen LogP contribution in [0.3, 0.4) is 0 Å². The Labute approximate surface area is 206 Å². The summed E-state index contributed by atoms with van der Waals surface area (Å²) in [7, 11) is 0. The van der Waals surface area contributed by atoms with Gasteiger partial charge in [-0.25, -0.2) is 4.39 Å². The monoisotopic (exact) mass is 492 g/mol. The molecule has 0 aliphatic heterocycles. The molecule has 0 atom stereocenters. The Balaban J connectivity index is 1.59. The molecule has 10 heteroatoms. The van der Waals surface area contributed by atoms with Crippen LogP contribution in [0, 0.1) is 36.9 Å². The predicted octanol–water partition coefficient (Wildman–Crippen LogP) is 5.34. The van der Waals surface area contributed by atoms with Gasteiger partial charge >= 0.3 is 0 Å². The number of thioether (sulfide) groups is 1. The van der Waals surface area contributed by atoms with E-state index in [1.165, 1.54) is 23.9 Å². The van der Waals surface area contributed by atoms with Crippen LogP contribution in [0.15, 0.2) is 52.2 Å². The number of nitriles is 1. The number of nitrogens with one attached hydrogen (secondary N) is 1. The normalized spacial score (nSPS) is 11.1. The van der Waals surface area contributed by atoms with E-state index in [1.54, 1.807) is 36.0 Å². The lowest BCUT2D eigenvalue weighted by Gasteiger charge is -2.14. The molecule has 1 aromatic carbocycles. The molecule has 1 N–H and O–H groups in total. The summed E-state index contributed by atoms with van der Waals surface area (Å²) < 4.78 is 23.0. The summed E-state index contributed by atoms with van der Waals surface area (Å²) in [5, 5.41) is 21.7. The van der Waals surface area contributed by atoms with Gasteiger partial charge in [0, 0.05) is 12.2 Å². The van der Waals surface area contributed by atoms with Gasteiger partial charge in [0.05, 0.1) is 23.3 Å². The second-order valence-corrected chi connectivity index (χ2v) is 9.43. The van der Waals surface area contributed by atoms with E-state index in [4.69, 9.17) is 4.42 Å². The Kier molecular flexibility index (Phi) is 7.07. The predicted molar refractivity (Wildman–Crippen MR) is 132 cm³/mol. The maximum Gasteiger partial charge on any atom is 0.236 e. The van der Waals surface area contributed by atoms with Crippen LogP contribution in [0.25, 0.3) is 17.3 Å². The topological polar surface area (TPSA) is 102 Å². The fourth-order valence-corrected chi connectivity index (χ4v) is 4.56. The van der Waals surface area contributed by atoms with Crippen molar-refractivity contribution in [1.82, 2.24) is 19.3 Å². The summed E-state index contributed by atoms with van der Waals surface area (Å²) in [5.74, 6) is 1.17. The lowest BCUT2D eigenvalue weighted by Crippen LogP contribution is -2.18. The number of anilines is 1. The van der Waals surface area contributed by atoms with Gasteiger partial charge in [-0.3, -0.25) is 13.9 Å². The van der Waals surface area contributed by atoms with Crippen molar-refractivity contribution < 1.29 is 13.6 Å². The fraction of sp³-hybridized carbons (Fsp3) is 0.280. The van der Waals surface area contributed by atoms with Crippen molar-refractivity contribution in [3.8, 4) is 23.3 Å². The Morgan fingerprint density at radius 2 is 2.06 bits per heavy atom. The molecule has 0 fully saturated rings. The molecule has 0 saturated heterocycles. The number of carbonyl (C=O) groups excluding carboxylic acids is 1. The Bertz CT molecular complexity index is 1400. The molecule has 0 unspecified atom stereocenters. The van der Waals surface area contributed by atoms with Crippen molar-refractivity contribution in [2.75, 3.05) is 11.1 Å². The van der Waals surface area contributed by atoms with Gasteiger partial charge in [-0.2, -0.15) is 5.26 Å². The third kappa shape index (κ3) is 5.00. The molecule has 1 amide bonds. The zero-order chi connectivity index (χ0) is 25.1. The van der Waals surface area contributed by atoms with E-state index in [2.05, 4.69) is 35.4 Å². The van der Waals surface area contributed by atoms with Crippen molar-refractivity contribution in [3.63, 3.8) is 0 Å². The largest absolute Gasteiger partial charge is 0.461 e. The molecule has 0 radical (unpaired) electrons. The zero-order valence-corrected chi connectivity index (χ0v) is 20.7. The molecule has 4 rings (SSSR count). The summed E-state index contributed by atoms with van der Waals surface area (Å²) in [6.45, 7) is 8.46. The molecular formula is C25H25FN6O2S. The molecule has 3 aromatic heterocycles. The fourth-order valence-electron chi connectivity index (χ4n) is 3.81. The number of furan rings is 1. The summed E-state index contributed by atoms with van der Waals surface area (Å²) in [4.78, 5) is 13.0. The van der Waals surface area contributed by atoms with E-state index in [-0.39, 0.29) is 11.7 Å². The highest BCUT2D eigenvalue weighted by atomic mass is 32.2. The second kappa shape index (κ2) is 10.2. The van der Waals surface area contributed by atoms with Crippen LogP contribution in [-0.2, 0) is 11.3 Å². The van der Waals surface area contributed by atoms with Crippen LogP contribution in [-0.4, -0.2) is 31.0 Å². The first-order valence-corrected chi connectivity index (χ1v) is 12.1. The van der Waals surface area contributed by atoms with Crippen LogP contribution in [0.1, 0.15) is 30.7 Å². The van der Waals surface area contributed by atoms with Crippen molar-refractivity contribution in [1.29, 1.82) is 5.26 Å². The standard InChI is InChI=1S/C25H25FN6O2S/c1-15(2)13-31-24(21-9-6-10-34-21)29-30-25(31)35-14-22(33)28-23-20(12-27)16(3)17(4)32(23)19-8-5-7-18(26)11-19/h5-11,15H,13-14H2,1-4H3,(H,28,33). The van der Waals surface area contributed by atoms with Crippen molar-refractivity contribution >= 4 is 23.5 Å². The molecule has 3 heterocycles. The second-order valence-electron chi connectivity index (χ2n) is 8.49. The van der Waals surface area contributed by atoms with Crippen LogP contribution in [0.5, 0.6) is 0 Å². The molecule has 180 valence electrons. The summed E-state index contributed by atoms with van der Waals surface area (Å²) in [6, 6.07) is 11.8. The molecule has 35 heavy (non-hydrogen) atoms. The van der Waals surface area contributed by atoms with Gasteiger partial charge in [0.15, 0.2) is 16.7 Å². The van der Waals surface area contributed by atoms with Gasteiger partial charge in [0.1, 0.15) is 17.7 Å². The number of carbonyl (C=O) groups is 1. The molecule has 0 saturated carbocycles. The number of rotatable bonds is 8. The van der Waals surface area contributed by atoms with E-state index in [0.717, 1.165) is 11.3 Å². The summed E-state index contributed by atoms with van der Waals surface area (Å²) in [5.41, 5.74) is 2.33. The zero-order valence-electron chi connectivity index (χ0n) is 19.9. The van der Waals surface area contributed by atoms with Gasteiger partial charge in [-0.15, -0.1) is 10.2 Å². The molecule has 4 aromatic rings. The molecule has 0 bridgehead atoms. The third-order valence-electron chi connectivity index (χ3n) is 5.49. The highest BCUT2D eigenvalue weighted by Gasteiger charge is 2.22. The summed E-state index contributed by atoms with van der Waals surface area (Å²) in [6.07, 6.45) is 1.58. The first-order valence-electron chi connectivity index (χ1n) is 11.1. The molecular weight excluding hydrogens is 467 g/mol. The van der Waals surface area contributed by atoms with Crippen molar-refractivity contribution in [3.05, 3.63) is 65.3 Å². The number of nitrogens with zero attached hydrogens (tertiary/aromatic N) is 5. The average Bonchev–Trinajstić information content (AvgIpc) is 3.52. The Morgan fingerprint density at radius 1 is 1.26 bits per heavy atom. The number of aromatic nitrogens is 4. The quantitative estimate of drug-likeness (QED) is 0.333. The van der Waals surface area contributed by atoms with E-state index in [0.29, 0.717) is 46.3 Å². The smallest absolute Gasteiger partial charge is 0.236 e. The lowest BCUT2D eigenvalue weighted by atomic mass is 10.2. The first kappa shape index (κ1) is 24.3. The number of benzene rings is 1. The molecule has 0 aliphatic rings. The minimum atomic E-state index is -0.406. The lowest BCUT2D eigenvalue weighted by molar-refractivity contribution is -0.113. The third-order valence-corrected chi connectivity index (χ3v) is 6.45. The average molecular weight is 493 g/mol. The summed E-state index contributed by atoms with van der Waals surface area (Å²) >= 11 is 1.25. The van der Waals surface area contributed by atoms with Gasteiger partial charge in [0.2, 0.25) is 5.91 Å². The van der Waals surface area contributed by atoms with E-state index < -0.39 is 5.82 Å². The van der Waals surface area contributed by atoms with E-state index in [1.807, 2.05) is 17.6 Å². The number of hydrogen-bond acceptors (Lipinski definition) is 6. The minimum absolute atomic E-state index is 0.0473. The van der Waals surface area contributed by atoms with Gasteiger partial charge in [-0.1, -0.05) is 31.7 Å². The number of amides is 1. The number of halogens is 1. The van der Waals surface area contributed by atoms with Gasteiger partial charge in [0.25, 0.3) is 0 Å². The van der Waals surface area contributed by atoms with Gasteiger partial charge < -0.3 is 9.73 Å². The van der Waals surface area contributed by atoms with Crippen LogP contribution in [0.2, 0.25) is 0 Å². The molecule has 8 nitrogen and oxygen atoms in total. The van der Waals surface area contributed by atoms with Gasteiger partial charge in [-0.05, 0) is 55.7 Å². The van der Waals surface area contributed by atoms with E-state index in [9.17, 15) is 14.4 Å².